The first kappa shape index (κ1) is 7.69. The summed E-state index contributed by atoms with van der Waals surface area (Å²) in [6, 6.07) is 8.71. The standard InChI is InChI=1S/C6H6O.CHO/c7-6-4-2-1-3-5-6;1-2/h1-5,7H;1H. The summed E-state index contributed by atoms with van der Waals surface area (Å²) in [6.45, 7) is 3.25. The SMILES string of the molecule is Oc1ccccc1.[CH]=O. The van der Waals surface area contributed by atoms with Gasteiger partial charge in [-0.2, -0.15) is 0 Å². The largest absolute Gasteiger partial charge is 0.508 e. The molecule has 0 spiro atoms. The van der Waals surface area contributed by atoms with E-state index >= 15 is 0 Å². The van der Waals surface area contributed by atoms with E-state index in [2.05, 4.69) is 6.79 Å². The Hall–Kier alpha value is -1.31. The lowest BCUT2D eigenvalue weighted by Gasteiger charge is -1.82. The molecule has 0 aliphatic rings. The monoisotopic (exact) mass is 123 g/mol. The lowest BCUT2D eigenvalue weighted by molar-refractivity contribution is 0.475. The average molecular weight is 123 g/mol. The van der Waals surface area contributed by atoms with Gasteiger partial charge < -0.3 is 5.11 Å². The van der Waals surface area contributed by atoms with Gasteiger partial charge in [0, 0.05) is 0 Å². The van der Waals surface area contributed by atoms with E-state index in [1.165, 1.54) is 0 Å². The number of hydrogen-bond donors (Lipinski definition) is 1. The second-order valence-electron chi connectivity index (χ2n) is 1.34. The van der Waals surface area contributed by atoms with E-state index in [1.807, 2.05) is 6.07 Å². The van der Waals surface area contributed by atoms with E-state index in [9.17, 15) is 0 Å². The van der Waals surface area contributed by atoms with Gasteiger partial charge in [-0.05, 0) is 12.1 Å². The van der Waals surface area contributed by atoms with E-state index in [0.29, 0.717) is 5.75 Å². The molecule has 0 saturated carbocycles. The average Bonchev–Trinajstić information content (AvgIpc) is 1.94. The van der Waals surface area contributed by atoms with Gasteiger partial charge in [-0.1, -0.05) is 18.2 Å². The van der Waals surface area contributed by atoms with Crippen LogP contribution in [0.25, 0.3) is 0 Å². The van der Waals surface area contributed by atoms with Crippen LogP contribution in [0.3, 0.4) is 0 Å². The summed E-state index contributed by atoms with van der Waals surface area (Å²) in [5.41, 5.74) is 0. The molecule has 2 nitrogen and oxygen atoms in total. The maximum Gasteiger partial charge on any atom is 0.182 e. The fourth-order valence-corrected chi connectivity index (χ4v) is 0.428. The Morgan fingerprint density at radius 1 is 1.11 bits per heavy atom. The third kappa shape index (κ3) is 3.29. The van der Waals surface area contributed by atoms with Gasteiger partial charge in [-0.15, -0.1) is 0 Å². The molecule has 0 unspecified atom stereocenters. The van der Waals surface area contributed by atoms with Gasteiger partial charge >= 0.3 is 0 Å². The summed E-state index contributed by atoms with van der Waals surface area (Å²) < 4.78 is 0. The number of hydrogen-bond acceptors (Lipinski definition) is 2. The molecule has 1 radical (unpaired) electrons. The molecule has 0 atom stereocenters. The number of para-hydroxylation sites is 1. The third-order valence-electron chi connectivity index (χ3n) is 0.756. The number of aromatic hydroxyl groups is 1. The molecule has 1 aromatic rings. The van der Waals surface area contributed by atoms with Crippen LogP contribution < -0.4 is 0 Å². The smallest absolute Gasteiger partial charge is 0.182 e. The van der Waals surface area contributed by atoms with Crippen LogP contribution in [0.2, 0.25) is 0 Å². The van der Waals surface area contributed by atoms with Crippen LogP contribution in [0.4, 0.5) is 0 Å². The molecule has 0 aromatic heterocycles. The molecule has 0 aliphatic heterocycles. The lowest BCUT2D eigenvalue weighted by atomic mass is 10.3. The minimum atomic E-state index is 0.322. The Morgan fingerprint density at radius 3 is 1.78 bits per heavy atom. The number of phenols is 1. The highest BCUT2D eigenvalue weighted by molar-refractivity contribution is 5.18. The van der Waals surface area contributed by atoms with E-state index in [0.717, 1.165) is 0 Å². The number of rotatable bonds is 0. The van der Waals surface area contributed by atoms with Gasteiger partial charge in [0.2, 0.25) is 0 Å². The van der Waals surface area contributed by atoms with Crippen LogP contribution in [0.15, 0.2) is 30.3 Å². The highest BCUT2D eigenvalue weighted by Crippen LogP contribution is 2.02. The van der Waals surface area contributed by atoms with Gasteiger partial charge in [0.1, 0.15) is 5.75 Å². The second kappa shape index (κ2) is 4.84. The van der Waals surface area contributed by atoms with Crippen molar-refractivity contribution in [3.8, 4) is 5.75 Å². The Bertz CT molecular complexity index is 148. The third-order valence-corrected chi connectivity index (χ3v) is 0.756. The van der Waals surface area contributed by atoms with Crippen molar-refractivity contribution in [3.63, 3.8) is 0 Å². The van der Waals surface area contributed by atoms with Gasteiger partial charge in [0.25, 0.3) is 0 Å². The van der Waals surface area contributed by atoms with Crippen molar-refractivity contribution in [2.75, 3.05) is 0 Å². The van der Waals surface area contributed by atoms with Crippen LogP contribution >= 0.6 is 0 Å². The molecule has 0 heterocycles. The van der Waals surface area contributed by atoms with E-state index in [-0.39, 0.29) is 0 Å². The molecule has 47 valence electrons. The first-order chi connectivity index (χ1) is 4.39. The molecule has 0 bridgehead atoms. The van der Waals surface area contributed by atoms with Gasteiger partial charge in [-0.25, -0.2) is 0 Å². The van der Waals surface area contributed by atoms with E-state index in [4.69, 9.17) is 9.90 Å². The Kier molecular flexibility index (Phi) is 4.14. The minimum Gasteiger partial charge on any atom is -0.508 e. The van der Waals surface area contributed by atoms with Crippen LogP contribution in [0.1, 0.15) is 0 Å². The second-order valence-corrected chi connectivity index (χ2v) is 1.34. The highest BCUT2D eigenvalue weighted by Gasteiger charge is 1.74. The summed E-state index contributed by atoms with van der Waals surface area (Å²) in [7, 11) is 0. The van der Waals surface area contributed by atoms with E-state index in [1.54, 1.807) is 24.3 Å². The normalized spacial score (nSPS) is 7.11. The summed E-state index contributed by atoms with van der Waals surface area (Å²) in [4.78, 5) is 7.75. The fourth-order valence-electron chi connectivity index (χ4n) is 0.428. The van der Waals surface area contributed by atoms with Gasteiger partial charge in [-0.3, -0.25) is 4.79 Å². The Labute approximate surface area is 53.8 Å². The predicted octanol–water partition coefficient (Wildman–Crippen LogP) is 1.12. The molecule has 0 fully saturated rings. The summed E-state index contributed by atoms with van der Waals surface area (Å²) in [5, 5.41) is 8.63. The van der Waals surface area contributed by atoms with Crippen LogP contribution in [0, 0.1) is 0 Å². The Morgan fingerprint density at radius 2 is 1.56 bits per heavy atom. The molecule has 1 aromatic carbocycles. The molecule has 2 heteroatoms. The first-order valence-electron chi connectivity index (χ1n) is 2.37. The van der Waals surface area contributed by atoms with E-state index < -0.39 is 0 Å². The maximum atomic E-state index is 8.63. The zero-order valence-corrected chi connectivity index (χ0v) is 4.82. The lowest BCUT2D eigenvalue weighted by Crippen LogP contribution is -1.56. The summed E-state index contributed by atoms with van der Waals surface area (Å²) in [6.07, 6.45) is 0. The van der Waals surface area contributed by atoms with Crippen molar-refractivity contribution in [3.05, 3.63) is 30.3 Å². The molecular weight excluding hydrogens is 116 g/mol. The van der Waals surface area contributed by atoms with Crippen molar-refractivity contribution in [2.24, 2.45) is 0 Å². The van der Waals surface area contributed by atoms with Gasteiger partial charge in [0.15, 0.2) is 6.79 Å². The van der Waals surface area contributed by atoms with Crippen LogP contribution in [0.5, 0.6) is 5.75 Å². The quantitative estimate of drug-likeness (QED) is 0.525. The van der Waals surface area contributed by atoms with Crippen molar-refractivity contribution in [2.45, 2.75) is 0 Å². The Balaban J connectivity index is 0.000000291. The zero-order chi connectivity index (χ0) is 7.11. The van der Waals surface area contributed by atoms with Crippen LogP contribution in [-0.2, 0) is 4.79 Å². The summed E-state index contributed by atoms with van der Waals surface area (Å²) >= 11 is 0. The van der Waals surface area contributed by atoms with Crippen molar-refractivity contribution < 1.29 is 9.90 Å². The zero-order valence-electron chi connectivity index (χ0n) is 4.82. The molecule has 1 rings (SSSR count). The topological polar surface area (TPSA) is 37.3 Å². The highest BCUT2D eigenvalue weighted by atomic mass is 16.3. The van der Waals surface area contributed by atoms with Crippen LogP contribution in [-0.4, -0.2) is 11.9 Å². The molecule has 0 saturated heterocycles. The summed E-state index contributed by atoms with van der Waals surface area (Å²) in [5.74, 6) is 0.322. The number of benzene rings is 1. The first-order valence-corrected chi connectivity index (χ1v) is 2.37. The molecule has 1 N–H and O–H groups in total. The molecule has 9 heavy (non-hydrogen) atoms. The maximum absolute atomic E-state index is 8.63. The number of phenolic OH excluding ortho intramolecular Hbond substituents is 1. The van der Waals surface area contributed by atoms with Crippen molar-refractivity contribution in [1.29, 1.82) is 0 Å². The molecule has 0 aliphatic carbocycles. The minimum absolute atomic E-state index is 0.322. The van der Waals surface area contributed by atoms with Crippen molar-refractivity contribution in [1.82, 2.24) is 0 Å². The van der Waals surface area contributed by atoms with Crippen molar-refractivity contribution >= 4 is 6.79 Å². The predicted molar refractivity (Wildman–Crippen MR) is 34.9 cm³/mol. The molecule has 0 amide bonds. The fraction of sp³-hybridized carbons (Fsp3) is 0. The van der Waals surface area contributed by atoms with Gasteiger partial charge in [0.05, 0.1) is 0 Å². The molecular formula is C7H7O2. The number of carbonyl (C=O) groups excluding carboxylic acids is 1.